The first kappa shape index (κ1) is 15.6. The first-order valence-electron chi connectivity index (χ1n) is 6.65. The number of rotatable bonds is 4. The lowest BCUT2D eigenvalue weighted by atomic mass is 10.1. The van der Waals surface area contributed by atoms with Crippen LogP contribution >= 0.6 is 11.8 Å². The van der Waals surface area contributed by atoms with Gasteiger partial charge in [0.2, 0.25) is 0 Å². The van der Waals surface area contributed by atoms with Crippen LogP contribution in [-0.2, 0) is 4.79 Å². The maximum atomic E-state index is 12.2. The molecule has 1 fully saturated rings. The van der Waals surface area contributed by atoms with Crippen molar-refractivity contribution in [3.63, 3.8) is 0 Å². The van der Waals surface area contributed by atoms with E-state index in [2.05, 4.69) is 23.5 Å². The van der Waals surface area contributed by atoms with Crippen LogP contribution in [0.5, 0.6) is 0 Å². The third-order valence-electron chi connectivity index (χ3n) is 3.21. The average Bonchev–Trinajstić information content (AvgIpc) is 2.72. The lowest BCUT2D eigenvalue weighted by Gasteiger charge is -2.36. The number of hydrogen-bond donors (Lipinski definition) is 1. The number of likely N-dealkylation sites (N-methyl/N-ethyl adjacent to an activating group) is 1. The fourth-order valence-corrected chi connectivity index (χ4v) is 3.17. The van der Waals surface area contributed by atoms with Gasteiger partial charge < -0.3 is 9.80 Å². The minimum atomic E-state index is -0.489. The number of thioether (sulfide) groups is 1. The van der Waals surface area contributed by atoms with E-state index in [4.69, 9.17) is 0 Å². The molecule has 2 heterocycles. The zero-order valence-corrected chi connectivity index (χ0v) is 13.4. The summed E-state index contributed by atoms with van der Waals surface area (Å²) in [5.41, 5.74) is 1.97. The van der Waals surface area contributed by atoms with Gasteiger partial charge >= 0.3 is 6.03 Å². The van der Waals surface area contributed by atoms with Crippen molar-refractivity contribution in [2.45, 2.75) is 26.1 Å². The predicted molar refractivity (Wildman–Crippen MR) is 85.1 cm³/mol. The van der Waals surface area contributed by atoms with Gasteiger partial charge in [0.25, 0.3) is 5.91 Å². The van der Waals surface area contributed by atoms with Crippen molar-refractivity contribution in [2.24, 2.45) is 4.99 Å². The highest BCUT2D eigenvalue weighted by Gasteiger charge is 2.48. The van der Waals surface area contributed by atoms with E-state index < -0.39 is 18.2 Å². The van der Waals surface area contributed by atoms with Gasteiger partial charge in [-0.2, -0.15) is 0 Å². The normalized spacial score (nSPS) is 24.6. The Bertz CT molecular complexity index is 543. The number of carbonyl (C=O) groups is 2. The van der Waals surface area contributed by atoms with E-state index in [0.29, 0.717) is 6.54 Å². The number of nitrogens with one attached hydrogen (secondary N) is 1. The molecule has 2 rings (SSSR count). The monoisotopic (exact) mass is 308 g/mol. The fourth-order valence-electron chi connectivity index (χ4n) is 2.27. The van der Waals surface area contributed by atoms with Crippen molar-refractivity contribution in [3.05, 3.63) is 24.3 Å². The molecule has 0 radical (unpaired) electrons. The summed E-state index contributed by atoms with van der Waals surface area (Å²) in [5.74, 6) is 0.420. The van der Waals surface area contributed by atoms with E-state index >= 15 is 0 Å². The van der Waals surface area contributed by atoms with Crippen LogP contribution < -0.4 is 5.32 Å². The molecule has 0 aromatic carbocycles. The molecule has 7 heteroatoms. The van der Waals surface area contributed by atoms with Gasteiger partial charge in [-0.15, -0.1) is 0 Å². The second-order valence-corrected chi connectivity index (χ2v) is 6.45. The number of amides is 3. The second kappa shape index (κ2) is 5.93. The molecule has 2 aliphatic rings. The summed E-state index contributed by atoms with van der Waals surface area (Å²) in [4.78, 5) is 31.8. The molecule has 2 unspecified atom stereocenters. The number of aliphatic imine (C=N–C) groups is 1. The van der Waals surface area contributed by atoms with E-state index in [1.165, 1.54) is 16.7 Å². The van der Waals surface area contributed by atoms with E-state index in [0.717, 1.165) is 22.1 Å². The van der Waals surface area contributed by atoms with Crippen molar-refractivity contribution in [2.75, 3.05) is 19.3 Å². The molecular weight excluding hydrogens is 288 g/mol. The number of amidine groups is 1. The number of imide groups is 1. The first-order valence-corrected chi connectivity index (χ1v) is 7.63. The molecular formula is C14H20N4O2S. The Hall–Kier alpha value is -1.76. The molecule has 114 valence electrons. The van der Waals surface area contributed by atoms with Crippen LogP contribution in [0.4, 0.5) is 4.79 Å². The summed E-state index contributed by atoms with van der Waals surface area (Å²) in [6.45, 7) is 12.2. The average molecular weight is 308 g/mol. The molecule has 2 atom stereocenters. The van der Waals surface area contributed by atoms with Crippen LogP contribution in [-0.4, -0.2) is 58.5 Å². The fraction of sp³-hybridized carbons (Fsp3) is 0.500. The molecule has 0 aromatic heterocycles. The van der Waals surface area contributed by atoms with Gasteiger partial charge in [0.05, 0.1) is 0 Å². The number of fused-ring (bicyclic) bond motifs is 1. The van der Waals surface area contributed by atoms with Gasteiger partial charge in [0.15, 0.2) is 17.4 Å². The molecule has 2 aliphatic heterocycles. The summed E-state index contributed by atoms with van der Waals surface area (Å²) >= 11 is 1.53. The summed E-state index contributed by atoms with van der Waals surface area (Å²) in [6, 6.07) is -0.900. The van der Waals surface area contributed by atoms with Crippen molar-refractivity contribution in [3.8, 4) is 0 Å². The highest BCUT2D eigenvalue weighted by Crippen LogP contribution is 2.29. The van der Waals surface area contributed by atoms with Crippen LogP contribution in [0.15, 0.2) is 29.3 Å². The van der Waals surface area contributed by atoms with Gasteiger partial charge in [-0.3, -0.25) is 10.1 Å². The summed E-state index contributed by atoms with van der Waals surface area (Å²) in [7, 11) is 1.65. The number of carbonyl (C=O) groups excluding carboxylic acids is 2. The van der Waals surface area contributed by atoms with Crippen LogP contribution in [0.1, 0.15) is 13.8 Å². The van der Waals surface area contributed by atoms with Crippen molar-refractivity contribution in [1.82, 2.24) is 15.1 Å². The Balaban J connectivity index is 2.28. The smallest absolute Gasteiger partial charge is 0.325 e. The largest absolute Gasteiger partial charge is 0.332 e. The third kappa shape index (κ3) is 3.12. The summed E-state index contributed by atoms with van der Waals surface area (Å²) in [5, 5.41) is 3.12. The van der Waals surface area contributed by atoms with Crippen molar-refractivity contribution < 1.29 is 9.59 Å². The first-order chi connectivity index (χ1) is 9.81. The maximum absolute atomic E-state index is 12.2. The van der Waals surface area contributed by atoms with E-state index in [1.807, 2.05) is 18.7 Å². The third-order valence-corrected chi connectivity index (χ3v) is 4.45. The van der Waals surface area contributed by atoms with Crippen LogP contribution in [0.3, 0.4) is 0 Å². The molecule has 21 heavy (non-hydrogen) atoms. The zero-order valence-electron chi connectivity index (χ0n) is 12.5. The Morgan fingerprint density at radius 3 is 2.57 bits per heavy atom. The Morgan fingerprint density at radius 1 is 1.33 bits per heavy atom. The van der Waals surface area contributed by atoms with Crippen molar-refractivity contribution in [1.29, 1.82) is 0 Å². The minimum Gasteiger partial charge on any atom is -0.332 e. The topological polar surface area (TPSA) is 65.0 Å². The van der Waals surface area contributed by atoms with E-state index in [9.17, 15) is 9.59 Å². The molecule has 0 aliphatic carbocycles. The van der Waals surface area contributed by atoms with Gasteiger partial charge in [-0.1, -0.05) is 36.1 Å². The molecule has 1 saturated heterocycles. The Kier molecular flexibility index (Phi) is 4.41. The SMILES string of the molecule is C=C(C)CSC1=NC2C(C(=O)NC(=O)N2C)N1CC(=C)C. The minimum absolute atomic E-state index is 0.306. The second-order valence-electron chi connectivity index (χ2n) is 5.51. The van der Waals surface area contributed by atoms with Gasteiger partial charge in [0.1, 0.15) is 0 Å². The maximum Gasteiger partial charge on any atom is 0.325 e. The molecule has 3 amide bonds. The Morgan fingerprint density at radius 2 is 2.00 bits per heavy atom. The highest BCUT2D eigenvalue weighted by molar-refractivity contribution is 8.13. The lowest BCUT2D eigenvalue weighted by Crippen LogP contribution is -2.63. The number of urea groups is 1. The van der Waals surface area contributed by atoms with Crippen LogP contribution in [0.2, 0.25) is 0 Å². The highest BCUT2D eigenvalue weighted by atomic mass is 32.2. The van der Waals surface area contributed by atoms with Crippen LogP contribution in [0.25, 0.3) is 0 Å². The van der Waals surface area contributed by atoms with E-state index in [1.54, 1.807) is 7.05 Å². The lowest BCUT2D eigenvalue weighted by molar-refractivity contribution is -0.126. The molecule has 6 nitrogen and oxygen atoms in total. The molecule has 0 spiro atoms. The standard InChI is InChI=1S/C14H20N4O2S/c1-8(2)6-18-10-11(15-14(18)21-7-9(3)4)17(5)13(20)16-12(10)19/h10-11H,1,3,6-7H2,2,4-5H3,(H,16,19,20). The number of hydrogen-bond acceptors (Lipinski definition) is 5. The van der Waals surface area contributed by atoms with Crippen molar-refractivity contribution >= 4 is 28.9 Å². The molecule has 1 N–H and O–H groups in total. The Labute approximate surface area is 129 Å². The van der Waals surface area contributed by atoms with Gasteiger partial charge in [0, 0.05) is 19.3 Å². The number of nitrogens with zero attached hydrogens (tertiary/aromatic N) is 3. The molecule has 0 saturated carbocycles. The quantitative estimate of drug-likeness (QED) is 0.798. The van der Waals surface area contributed by atoms with E-state index in [-0.39, 0.29) is 5.91 Å². The van der Waals surface area contributed by atoms with Gasteiger partial charge in [-0.25, -0.2) is 9.79 Å². The predicted octanol–water partition coefficient (Wildman–Crippen LogP) is 1.42. The van der Waals surface area contributed by atoms with Crippen LogP contribution in [0, 0.1) is 0 Å². The summed E-state index contributed by atoms with van der Waals surface area (Å²) in [6.07, 6.45) is -0.474. The van der Waals surface area contributed by atoms with Gasteiger partial charge in [-0.05, 0) is 13.8 Å². The molecule has 0 aromatic rings. The summed E-state index contributed by atoms with van der Waals surface area (Å²) < 4.78 is 0. The molecule has 0 bridgehead atoms. The zero-order chi connectivity index (χ0) is 15.7.